The number of ketones is 1. The van der Waals surface area contributed by atoms with Crippen LogP contribution in [0.2, 0.25) is 0 Å². The normalized spacial score (nSPS) is 22.1. The van der Waals surface area contributed by atoms with E-state index in [0.717, 1.165) is 30.4 Å². The molecule has 0 N–H and O–H groups in total. The Balaban J connectivity index is 2.16. The van der Waals surface area contributed by atoms with Gasteiger partial charge in [0.05, 0.1) is 0 Å². The van der Waals surface area contributed by atoms with Gasteiger partial charge in [-0.05, 0) is 48.6 Å². The molecule has 1 nitrogen and oxygen atoms in total. The maximum absolute atomic E-state index is 12.7. The number of carbonyl (C=O) groups excluding carboxylic acids is 1. The summed E-state index contributed by atoms with van der Waals surface area (Å²) in [6, 6.07) is 6.20. The lowest BCUT2D eigenvalue weighted by Gasteiger charge is -2.02. The molecule has 0 radical (unpaired) electrons. The molecule has 1 unspecified atom stereocenters. The van der Waals surface area contributed by atoms with Gasteiger partial charge in [0.1, 0.15) is 5.82 Å². The van der Waals surface area contributed by atoms with Crippen molar-refractivity contribution in [2.75, 3.05) is 0 Å². The smallest absolute Gasteiger partial charge is 0.162 e. The largest absolute Gasteiger partial charge is 0.294 e. The van der Waals surface area contributed by atoms with Crippen LogP contribution in [-0.2, 0) is 4.79 Å². The maximum atomic E-state index is 12.7. The van der Waals surface area contributed by atoms with E-state index in [4.69, 9.17) is 0 Å². The number of halogens is 1. The molecule has 1 saturated carbocycles. The highest BCUT2D eigenvalue weighted by atomic mass is 19.1. The first-order valence-electron chi connectivity index (χ1n) is 5.82. The van der Waals surface area contributed by atoms with Gasteiger partial charge >= 0.3 is 0 Å². The lowest BCUT2D eigenvalue weighted by Crippen LogP contribution is -2.06. The van der Waals surface area contributed by atoms with E-state index in [1.165, 1.54) is 12.1 Å². The zero-order chi connectivity index (χ0) is 12.3. The van der Waals surface area contributed by atoms with Gasteiger partial charge in [-0.2, -0.15) is 0 Å². The highest BCUT2D eigenvalue weighted by molar-refractivity contribution is 6.03. The summed E-state index contributed by atoms with van der Waals surface area (Å²) in [4.78, 5) is 12.0. The van der Waals surface area contributed by atoms with Gasteiger partial charge in [-0.25, -0.2) is 4.39 Å². The fourth-order valence-corrected chi connectivity index (χ4v) is 2.18. The second-order valence-corrected chi connectivity index (χ2v) is 4.35. The predicted molar refractivity (Wildman–Crippen MR) is 66.9 cm³/mol. The molecule has 0 amide bonds. The number of Topliss-reactive ketones (excluding diaryl/α,β-unsaturated/α-hetero) is 1. The summed E-state index contributed by atoms with van der Waals surface area (Å²) in [7, 11) is 0. The monoisotopic (exact) mass is 230 g/mol. The van der Waals surface area contributed by atoms with Crippen molar-refractivity contribution in [3.8, 4) is 0 Å². The Labute approximate surface area is 101 Å². The predicted octanol–water partition coefficient (Wildman–Crippen LogP) is 3.76. The standard InChI is InChI=1S/C15H15FO/c1-2-3-12-6-7-13(15(12)17)10-11-4-8-14(16)9-5-11/h2,4-5,8-10,12H,1,3,6-7H2. The number of benzene rings is 1. The van der Waals surface area contributed by atoms with Crippen LogP contribution in [0.25, 0.3) is 6.08 Å². The highest BCUT2D eigenvalue weighted by Gasteiger charge is 2.27. The summed E-state index contributed by atoms with van der Waals surface area (Å²) in [6.45, 7) is 3.66. The molecule has 1 aromatic rings. The van der Waals surface area contributed by atoms with Crippen molar-refractivity contribution in [2.45, 2.75) is 19.3 Å². The van der Waals surface area contributed by atoms with Gasteiger partial charge in [0.2, 0.25) is 0 Å². The topological polar surface area (TPSA) is 17.1 Å². The van der Waals surface area contributed by atoms with Gasteiger partial charge < -0.3 is 0 Å². The van der Waals surface area contributed by atoms with Gasteiger partial charge in [0.25, 0.3) is 0 Å². The van der Waals surface area contributed by atoms with E-state index in [1.54, 1.807) is 18.2 Å². The lowest BCUT2D eigenvalue weighted by molar-refractivity contribution is -0.117. The molecular formula is C15H15FO. The van der Waals surface area contributed by atoms with Gasteiger partial charge in [0.15, 0.2) is 5.78 Å². The van der Waals surface area contributed by atoms with Gasteiger partial charge in [-0.3, -0.25) is 4.79 Å². The number of carbonyl (C=O) groups is 1. The Morgan fingerprint density at radius 3 is 2.71 bits per heavy atom. The van der Waals surface area contributed by atoms with Crippen LogP contribution in [0.15, 0.2) is 42.5 Å². The Hall–Kier alpha value is -1.70. The van der Waals surface area contributed by atoms with E-state index in [0.29, 0.717) is 0 Å². The summed E-state index contributed by atoms with van der Waals surface area (Å²) < 4.78 is 12.7. The van der Waals surface area contributed by atoms with Crippen molar-refractivity contribution in [3.05, 3.63) is 53.9 Å². The first-order valence-corrected chi connectivity index (χ1v) is 5.82. The molecule has 1 fully saturated rings. The number of rotatable bonds is 3. The van der Waals surface area contributed by atoms with Gasteiger partial charge in [-0.1, -0.05) is 18.2 Å². The minimum Gasteiger partial charge on any atom is -0.294 e. The number of allylic oxidation sites excluding steroid dienone is 2. The summed E-state index contributed by atoms with van der Waals surface area (Å²) in [5.74, 6) is 0.0582. The summed E-state index contributed by atoms with van der Waals surface area (Å²) >= 11 is 0. The zero-order valence-corrected chi connectivity index (χ0v) is 9.66. The SMILES string of the molecule is C=CCC1CCC(=Cc2ccc(F)cc2)C1=O. The third-order valence-electron chi connectivity index (χ3n) is 3.11. The Bertz CT molecular complexity index is 456. The van der Waals surface area contributed by atoms with Crippen LogP contribution in [0.1, 0.15) is 24.8 Å². The Morgan fingerprint density at radius 2 is 2.06 bits per heavy atom. The van der Waals surface area contributed by atoms with Gasteiger partial charge in [0, 0.05) is 5.92 Å². The molecule has 17 heavy (non-hydrogen) atoms. The van der Waals surface area contributed by atoms with Crippen LogP contribution in [0, 0.1) is 11.7 Å². The molecule has 1 atom stereocenters. The highest BCUT2D eigenvalue weighted by Crippen LogP contribution is 2.30. The number of hydrogen-bond acceptors (Lipinski definition) is 1. The molecule has 0 bridgehead atoms. The number of hydrogen-bond donors (Lipinski definition) is 0. The molecule has 0 aromatic heterocycles. The molecule has 2 heteroatoms. The second-order valence-electron chi connectivity index (χ2n) is 4.35. The first-order chi connectivity index (χ1) is 8.20. The zero-order valence-electron chi connectivity index (χ0n) is 9.66. The van der Waals surface area contributed by atoms with Crippen LogP contribution in [0.3, 0.4) is 0 Å². The van der Waals surface area contributed by atoms with E-state index in [9.17, 15) is 9.18 Å². The van der Waals surface area contributed by atoms with Crippen molar-refractivity contribution < 1.29 is 9.18 Å². The molecule has 1 aliphatic carbocycles. The minimum absolute atomic E-state index is 0.0965. The van der Waals surface area contributed by atoms with Crippen molar-refractivity contribution in [1.29, 1.82) is 0 Å². The van der Waals surface area contributed by atoms with E-state index < -0.39 is 0 Å². The average molecular weight is 230 g/mol. The summed E-state index contributed by atoms with van der Waals surface area (Å²) in [5.41, 5.74) is 1.73. The molecule has 0 aliphatic heterocycles. The molecule has 1 aromatic carbocycles. The lowest BCUT2D eigenvalue weighted by atomic mass is 10.0. The van der Waals surface area contributed by atoms with Crippen LogP contribution >= 0.6 is 0 Å². The summed E-state index contributed by atoms with van der Waals surface area (Å²) in [5, 5.41) is 0. The molecule has 0 spiro atoms. The van der Waals surface area contributed by atoms with E-state index in [2.05, 4.69) is 6.58 Å². The fourth-order valence-electron chi connectivity index (χ4n) is 2.18. The second kappa shape index (κ2) is 5.09. The van der Waals surface area contributed by atoms with E-state index in [-0.39, 0.29) is 17.5 Å². The van der Waals surface area contributed by atoms with Crippen LogP contribution < -0.4 is 0 Å². The third-order valence-corrected chi connectivity index (χ3v) is 3.11. The van der Waals surface area contributed by atoms with Crippen LogP contribution in [0.4, 0.5) is 4.39 Å². The Morgan fingerprint density at radius 1 is 1.35 bits per heavy atom. The van der Waals surface area contributed by atoms with Crippen molar-refractivity contribution in [2.24, 2.45) is 5.92 Å². The molecule has 0 heterocycles. The Kier molecular flexibility index (Phi) is 3.52. The van der Waals surface area contributed by atoms with Crippen LogP contribution in [0.5, 0.6) is 0 Å². The van der Waals surface area contributed by atoms with Crippen LogP contribution in [-0.4, -0.2) is 5.78 Å². The van der Waals surface area contributed by atoms with E-state index >= 15 is 0 Å². The van der Waals surface area contributed by atoms with Crippen molar-refractivity contribution in [3.63, 3.8) is 0 Å². The first kappa shape index (κ1) is 11.8. The molecule has 0 saturated heterocycles. The molecular weight excluding hydrogens is 215 g/mol. The van der Waals surface area contributed by atoms with Crippen molar-refractivity contribution >= 4 is 11.9 Å². The summed E-state index contributed by atoms with van der Waals surface area (Å²) in [6.07, 6.45) is 6.13. The van der Waals surface area contributed by atoms with E-state index in [1.807, 2.05) is 6.08 Å². The fraction of sp³-hybridized carbons (Fsp3) is 0.267. The maximum Gasteiger partial charge on any atom is 0.162 e. The third kappa shape index (κ3) is 2.70. The van der Waals surface area contributed by atoms with Crippen molar-refractivity contribution in [1.82, 2.24) is 0 Å². The van der Waals surface area contributed by atoms with Gasteiger partial charge in [-0.15, -0.1) is 6.58 Å². The molecule has 1 aliphatic rings. The molecule has 88 valence electrons. The quantitative estimate of drug-likeness (QED) is 0.570. The average Bonchev–Trinajstić information content (AvgIpc) is 2.65. The molecule has 2 rings (SSSR count). The minimum atomic E-state index is -0.255.